The van der Waals surface area contributed by atoms with E-state index in [4.69, 9.17) is 14.2 Å². The van der Waals surface area contributed by atoms with Crippen molar-refractivity contribution >= 4 is 17.7 Å². The van der Waals surface area contributed by atoms with Gasteiger partial charge in [-0.15, -0.1) is 0 Å². The molecule has 1 aliphatic carbocycles. The van der Waals surface area contributed by atoms with Gasteiger partial charge in [0.15, 0.2) is 12.6 Å². The zero-order valence-electron chi connectivity index (χ0n) is 17.6. The molecule has 8 heteroatoms. The van der Waals surface area contributed by atoms with Crippen LogP contribution in [0.25, 0.3) is 0 Å². The number of amides is 2. The van der Waals surface area contributed by atoms with Crippen LogP contribution in [0.3, 0.4) is 0 Å². The van der Waals surface area contributed by atoms with Crippen molar-refractivity contribution in [3.8, 4) is 0 Å². The monoisotopic (exact) mass is 395 g/mol. The minimum Gasteiger partial charge on any atom is -0.444 e. The average molecular weight is 396 g/mol. The van der Waals surface area contributed by atoms with Crippen molar-refractivity contribution in [3.63, 3.8) is 0 Å². The van der Waals surface area contributed by atoms with Crippen LogP contribution in [-0.2, 0) is 19.0 Å². The molecule has 0 aromatic rings. The van der Waals surface area contributed by atoms with Gasteiger partial charge in [-0.2, -0.15) is 5.10 Å². The van der Waals surface area contributed by atoms with Crippen molar-refractivity contribution in [3.05, 3.63) is 0 Å². The Bertz CT molecular complexity index is 618. The normalized spacial score (nSPS) is 27.2. The van der Waals surface area contributed by atoms with Crippen molar-refractivity contribution in [2.75, 3.05) is 13.6 Å². The summed E-state index contributed by atoms with van der Waals surface area (Å²) in [7, 11) is 1.65. The molecule has 158 valence electrons. The van der Waals surface area contributed by atoms with E-state index < -0.39 is 18.0 Å². The molecule has 1 saturated heterocycles. The standard InChI is InChI=1S/C20H33N3O5/c1-13-26-18(27-13)17(14-9-7-6-8-10-14)23-16(24)11-15(21-23)12-22(5)19(25)28-20(2,3)4/h13-14,17-18H,6-12H2,1-5H3. The summed E-state index contributed by atoms with van der Waals surface area (Å²) in [6.07, 6.45) is 4.76. The molecule has 2 fully saturated rings. The minimum absolute atomic E-state index is 0.0603. The van der Waals surface area contributed by atoms with Crippen molar-refractivity contribution in [1.29, 1.82) is 0 Å². The van der Waals surface area contributed by atoms with Crippen LogP contribution >= 0.6 is 0 Å². The lowest BCUT2D eigenvalue weighted by Gasteiger charge is -2.45. The molecule has 2 aliphatic heterocycles. The number of hydrogen-bond acceptors (Lipinski definition) is 6. The van der Waals surface area contributed by atoms with Gasteiger partial charge in [0.2, 0.25) is 5.91 Å². The average Bonchev–Trinajstić information content (AvgIpc) is 2.93. The first-order chi connectivity index (χ1) is 13.1. The van der Waals surface area contributed by atoms with Crippen LogP contribution in [0.1, 0.15) is 66.2 Å². The zero-order chi connectivity index (χ0) is 20.5. The van der Waals surface area contributed by atoms with E-state index in [2.05, 4.69) is 5.10 Å². The molecular weight excluding hydrogens is 362 g/mol. The van der Waals surface area contributed by atoms with E-state index in [1.807, 2.05) is 27.7 Å². The lowest BCUT2D eigenvalue weighted by atomic mass is 9.83. The van der Waals surface area contributed by atoms with Gasteiger partial charge in [0.1, 0.15) is 11.6 Å². The van der Waals surface area contributed by atoms with Gasteiger partial charge in [-0.3, -0.25) is 4.79 Å². The molecule has 1 unspecified atom stereocenters. The van der Waals surface area contributed by atoms with Gasteiger partial charge in [0.25, 0.3) is 0 Å². The molecule has 8 nitrogen and oxygen atoms in total. The van der Waals surface area contributed by atoms with Crippen molar-refractivity contribution < 1.29 is 23.8 Å². The highest BCUT2D eigenvalue weighted by molar-refractivity contribution is 6.06. The van der Waals surface area contributed by atoms with Gasteiger partial charge >= 0.3 is 6.09 Å². The summed E-state index contributed by atoms with van der Waals surface area (Å²) in [6, 6.07) is -0.201. The highest BCUT2D eigenvalue weighted by atomic mass is 16.9. The van der Waals surface area contributed by atoms with Gasteiger partial charge in [-0.25, -0.2) is 9.80 Å². The van der Waals surface area contributed by atoms with Gasteiger partial charge < -0.3 is 19.1 Å². The molecule has 28 heavy (non-hydrogen) atoms. The summed E-state index contributed by atoms with van der Waals surface area (Å²) in [5.74, 6) is 0.261. The Morgan fingerprint density at radius 3 is 2.50 bits per heavy atom. The Labute approximate surface area is 167 Å². The number of carbonyl (C=O) groups excluding carboxylic acids is 2. The van der Waals surface area contributed by atoms with E-state index in [1.54, 1.807) is 12.1 Å². The fourth-order valence-corrected chi connectivity index (χ4v) is 4.06. The number of nitrogens with zero attached hydrogens (tertiary/aromatic N) is 3. The Balaban J connectivity index is 1.68. The maximum absolute atomic E-state index is 12.7. The summed E-state index contributed by atoms with van der Waals surface area (Å²) < 4.78 is 16.9. The third-order valence-corrected chi connectivity index (χ3v) is 5.33. The third kappa shape index (κ3) is 5.03. The van der Waals surface area contributed by atoms with E-state index in [9.17, 15) is 9.59 Å². The summed E-state index contributed by atoms with van der Waals surface area (Å²) >= 11 is 0. The van der Waals surface area contributed by atoms with Crippen LogP contribution in [0.5, 0.6) is 0 Å². The predicted octanol–water partition coefficient (Wildman–Crippen LogP) is 3.11. The van der Waals surface area contributed by atoms with Gasteiger partial charge in [-0.05, 0) is 46.5 Å². The van der Waals surface area contributed by atoms with E-state index in [0.29, 0.717) is 11.6 Å². The summed E-state index contributed by atoms with van der Waals surface area (Å²) in [6.45, 7) is 7.59. The fourth-order valence-electron chi connectivity index (χ4n) is 4.06. The highest BCUT2D eigenvalue weighted by Crippen LogP contribution is 2.36. The topological polar surface area (TPSA) is 80.7 Å². The molecule has 0 aromatic heterocycles. The second-order valence-corrected chi connectivity index (χ2v) is 9.01. The van der Waals surface area contributed by atoms with Gasteiger partial charge in [0.05, 0.1) is 18.7 Å². The molecule has 0 spiro atoms. The SMILES string of the molecule is CC1OC(C(C2CCCCC2)N2N=C(CN(C)C(=O)OC(C)(C)C)CC2=O)O1. The quantitative estimate of drug-likeness (QED) is 0.714. The largest absolute Gasteiger partial charge is 0.444 e. The van der Waals surface area contributed by atoms with Crippen LogP contribution in [0.15, 0.2) is 5.10 Å². The zero-order valence-corrected chi connectivity index (χ0v) is 17.6. The van der Waals surface area contributed by atoms with Crippen molar-refractivity contribution in [2.45, 2.75) is 90.4 Å². The predicted molar refractivity (Wildman–Crippen MR) is 104 cm³/mol. The van der Waals surface area contributed by atoms with Crippen LogP contribution in [0.4, 0.5) is 4.79 Å². The lowest BCUT2D eigenvalue weighted by molar-refractivity contribution is -0.394. The first kappa shape index (κ1) is 21.0. The maximum Gasteiger partial charge on any atom is 0.410 e. The van der Waals surface area contributed by atoms with Crippen LogP contribution in [-0.4, -0.2) is 65.4 Å². The Hall–Kier alpha value is -1.67. The lowest BCUT2D eigenvalue weighted by Crippen LogP contribution is -2.56. The maximum atomic E-state index is 12.7. The fraction of sp³-hybridized carbons (Fsp3) is 0.850. The number of ether oxygens (including phenoxy) is 3. The summed E-state index contributed by atoms with van der Waals surface area (Å²) in [5, 5.41) is 6.14. The van der Waals surface area contributed by atoms with Crippen molar-refractivity contribution in [2.24, 2.45) is 11.0 Å². The van der Waals surface area contributed by atoms with E-state index in [-0.39, 0.29) is 31.2 Å². The van der Waals surface area contributed by atoms with Gasteiger partial charge in [0, 0.05) is 7.05 Å². The molecule has 1 saturated carbocycles. The molecule has 3 rings (SSSR count). The van der Waals surface area contributed by atoms with E-state index in [0.717, 1.165) is 25.7 Å². The molecule has 0 radical (unpaired) electrons. The van der Waals surface area contributed by atoms with Crippen LogP contribution in [0.2, 0.25) is 0 Å². The molecule has 0 bridgehead atoms. The summed E-state index contributed by atoms with van der Waals surface area (Å²) in [5.41, 5.74) is 0.0957. The Kier molecular flexibility index (Phi) is 6.29. The third-order valence-electron chi connectivity index (χ3n) is 5.33. The molecule has 3 aliphatic rings. The second kappa shape index (κ2) is 8.37. The Morgan fingerprint density at radius 2 is 1.93 bits per heavy atom. The van der Waals surface area contributed by atoms with Crippen LogP contribution < -0.4 is 0 Å². The Morgan fingerprint density at radius 1 is 1.29 bits per heavy atom. The molecule has 2 heterocycles. The molecule has 2 amide bonds. The number of rotatable bonds is 5. The second-order valence-electron chi connectivity index (χ2n) is 9.01. The van der Waals surface area contributed by atoms with E-state index >= 15 is 0 Å². The number of carbonyl (C=O) groups is 2. The van der Waals surface area contributed by atoms with Gasteiger partial charge in [-0.1, -0.05) is 19.3 Å². The molecule has 0 aromatic carbocycles. The van der Waals surface area contributed by atoms with E-state index in [1.165, 1.54) is 11.3 Å². The van der Waals surface area contributed by atoms with Crippen molar-refractivity contribution in [1.82, 2.24) is 9.91 Å². The number of hydrogen-bond donors (Lipinski definition) is 0. The first-order valence-corrected chi connectivity index (χ1v) is 10.3. The smallest absolute Gasteiger partial charge is 0.410 e. The first-order valence-electron chi connectivity index (χ1n) is 10.3. The van der Waals surface area contributed by atoms with Crippen LogP contribution in [0, 0.1) is 5.92 Å². The summed E-state index contributed by atoms with van der Waals surface area (Å²) in [4.78, 5) is 26.4. The molecule has 1 atom stereocenters. The number of hydrazone groups is 1. The minimum atomic E-state index is -0.563. The molecule has 0 N–H and O–H groups in total. The highest BCUT2D eigenvalue weighted by Gasteiger charge is 2.46. The molecular formula is C20H33N3O5.